The molecule has 2 fully saturated rings. The number of rotatable bonds is 7. The molecule has 1 aliphatic carbocycles. The largest absolute Gasteiger partial charge is 0.479 e. The van der Waals surface area contributed by atoms with E-state index in [9.17, 15) is 18.0 Å². The highest BCUT2D eigenvalue weighted by atomic mass is 32.2. The lowest BCUT2D eigenvalue weighted by atomic mass is 10.2. The van der Waals surface area contributed by atoms with Gasteiger partial charge in [-0.25, -0.2) is 13.2 Å². The summed E-state index contributed by atoms with van der Waals surface area (Å²) in [5, 5.41) is 8.78. The Labute approximate surface area is 163 Å². The first-order valence-corrected chi connectivity index (χ1v) is 11.0. The fourth-order valence-electron chi connectivity index (χ4n) is 3.24. The molecule has 0 unspecified atom stereocenters. The summed E-state index contributed by atoms with van der Waals surface area (Å²) in [7, 11) is -3.11. The summed E-state index contributed by atoms with van der Waals surface area (Å²) in [6, 6.07) is 7.97. The Morgan fingerprint density at radius 1 is 1.21 bits per heavy atom. The summed E-state index contributed by atoms with van der Waals surface area (Å²) < 4.78 is 34.0. The number of hydrogen-bond donors (Lipinski definition) is 0. The van der Waals surface area contributed by atoms with Crippen molar-refractivity contribution in [3.8, 4) is 11.8 Å². The maximum absolute atomic E-state index is 12.6. The molecule has 2 atom stereocenters. The SMILES string of the molecule is C[C@H](Oc1ccc(C#N)cc1)C(=O)OCC(=O)N(C1CC1)[C@H]1CCS(=O)(=O)C1. The van der Waals surface area contributed by atoms with Crippen molar-refractivity contribution in [1.82, 2.24) is 4.90 Å². The molecule has 0 N–H and O–H groups in total. The van der Waals surface area contributed by atoms with Crippen molar-refractivity contribution in [2.45, 2.75) is 44.4 Å². The van der Waals surface area contributed by atoms with Gasteiger partial charge in [-0.15, -0.1) is 0 Å². The van der Waals surface area contributed by atoms with Crippen molar-refractivity contribution >= 4 is 21.7 Å². The minimum Gasteiger partial charge on any atom is -0.479 e. The molecule has 2 aliphatic rings. The molecule has 1 aliphatic heterocycles. The van der Waals surface area contributed by atoms with Crippen molar-refractivity contribution in [1.29, 1.82) is 5.26 Å². The van der Waals surface area contributed by atoms with Crippen LogP contribution in [0.1, 0.15) is 31.7 Å². The third kappa shape index (κ3) is 5.01. The van der Waals surface area contributed by atoms with Crippen molar-refractivity contribution in [3.05, 3.63) is 29.8 Å². The summed E-state index contributed by atoms with van der Waals surface area (Å²) in [6.07, 6.45) is 1.18. The lowest BCUT2D eigenvalue weighted by molar-refractivity contribution is -0.158. The van der Waals surface area contributed by atoms with E-state index < -0.39 is 28.5 Å². The van der Waals surface area contributed by atoms with Gasteiger partial charge in [0.2, 0.25) is 0 Å². The second kappa shape index (κ2) is 8.19. The molecule has 1 saturated heterocycles. The number of benzene rings is 1. The summed E-state index contributed by atoms with van der Waals surface area (Å²) in [5.41, 5.74) is 0.474. The first-order valence-electron chi connectivity index (χ1n) is 9.14. The topological polar surface area (TPSA) is 114 Å². The van der Waals surface area contributed by atoms with Crippen molar-refractivity contribution in [3.63, 3.8) is 0 Å². The van der Waals surface area contributed by atoms with E-state index in [0.29, 0.717) is 17.7 Å². The van der Waals surface area contributed by atoms with E-state index in [2.05, 4.69) is 0 Å². The number of hydrogen-bond acceptors (Lipinski definition) is 7. The lowest BCUT2D eigenvalue weighted by Gasteiger charge is -2.28. The molecular weight excluding hydrogens is 384 g/mol. The van der Waals surface area contributed by atoms with E-state index in [1.54, 1.807) is 29.2 Å². The number of esters is 1. The van der Waals surface area contributed by atoms with Gasteiger partial charge in [0.1, 0.15) is 5.75 Å². The standard InChI is InChI=1S/C19H22N2O6S/c1-13(27-17-6-2-14(10-20)3-7-17)19(23)26-11-18(22)21(15-4-5-15)16-8-9-28(24,25)12-16/h2-3,6-7,13,15-16H,4-5,8-9,11-12H2,1H3/t13-,16-/m0/s1. The molecule has 3 rings (SSSR count). The summed E-state index contributed by atoms with van der Waals surface area (Å²) in [6.45, 7) is 1.07. The summed E-state index contributed by atoms with van der Waals surface area (Å²) in [4.78, 5) is 26.3. The maximum Gasteiger partial charge on any atom is 0.347 e. The average molecular weight is 406 g/mol. The van der Waals surface area contributed by atoms with Gasteiger partial charge in [-0.3, -0.25) is 4.79 Å². The first kappa shape index (κ1) is 20.1. The number of amides is 1. The fourth-order valence-corrected chi connectivity index (χ4v) is 4.95. The van der Waals surface area contributed by atoms with Crippen LogP contribution in [0.3, 0.4) is 0 Å². The molecule has 28 heavy (non-hydrogen) atoms. The van der Waals surface area contributed by atoms with Gasteiger partial charge in [0.05, 0.1) is 23.1 Å². The van der Waals surface area contributed by atoms with Crippen molar-refractivity contribution in [2.24, 2.45) is 0 Å². The lowest BCUT2D eigenvalue weighted by Crippen LogP contribution is -2.45. The molecule has 150 valence electrons. The minimum atomic E-state index is -3.11. The molecule has 9 heteroatoms. The van der Waals surface area contributed by atoms with E-state index in [0.717, 1.165) is 12.8 Å². The number of carbonyl (C=O) groups is 2. The Kier molecular flexibility index (Phi) is 5.89. The van der Waals surface area contributed by atoms with E-state index in [1.807, 2.05) is 6.07 Å². The molecule has 1 amide bonds. The fraction of sp³-hybridized carbons (Fsp3) is 0.526. The van der Waals surface area contributed by atoms with Gasteiger partial charge in [-0.1, -0.05) is 0 Å². The minimum absolute atomic E-state index is 0.0264. The van der Waals surface area contributed by atoms with Crippen molar-refractivity contribution < 1.29 is 27.5 Å². The third-order valence-electron chi connectivity index (χ3n) is 4.80. The van der Waals surface area contributed by atoms with E-state index in [-0.39, 0.29) is 29.5 Å². The molecular formula is C19H22N2O6S. The van der Waals surface area contributed by atoms with E-state index >= 15 is 0 Å². The molecule has 1 saturated carbocycles. The Bertz CT molecular complexity index is 886. The number of carbonyl (C=O) groups excluding carboxylic acids is 2. The highest BCUT2D eigenvalue weighted by Gasteiger charge is 2.42. The van der Waals surface area contributed by atoms with Gasteiger partial charge >= 0.3 is 5.97 Å². The molecule has 0 radical (unpaired) electrons. The monoisotopic (exact) mass is 406 g/mol. The molecule has 0 spiro atoms. The van der Waals surface area contributed by atoms with Gasteiger partial charge in [0.15, 0.2) is 22.5 Å². The van der Waals surface area contributed by atoms with Crippen LogP contribution >= 0.6 is 0 Å². The van der Waals surface area contributed by atoms with Crippen LogP contribution in [-0.2, 0) is 24.2 Å². The Hall–Kier alpha value is -2.60. The molecule has 1 aromatic carbocycles. The molecule has 8 nitrogen and oxygen atoms in total. The summed E-state index contributed by atoms with van der Waals surface area (Å²) in [5.74, 6) is -0.591. The van der Waals surface area contributed by atoms with Crippen LogP contribution in [0.25, 0.3) is 0 Å². The van der Waals surface area contributed by atoms with Crippen molar-refractivity contribution in [2.75, 3.05) is 18.1 Å². The Balaban J connectivity index is 1.52. The zero-order valence-corrected chi connectivity index (χ0v) is 16.4. The van der Waals surface area contributed by atoms with Crippen LogP contribution in [-0.4, -0.2) is 61.5 Å². The van der Waals surface area contributed by atoms with Gasteiger partial charge in [0, 0.05) is 12.1 Å². The molecule has 1 heterocycles. The van der Waals surface area contributed by atoms with E-state index in [1.165, 1.54) is 6.92 Å². The van der Waals surface area contributed by atoms with Gasteiger partial charge in [0.25, 0.3) is 5.91 Å². The quantitative estimate of drug-likeness (QED) is 0.622. The van der Waals surface area contributed by atoms with E-state index in [4.69, 9.17) is 14.7 Å². The molecule has 0 bridgehead atoms. The zero-order valence-electron chi connectivity index (χ0n) is 15.5. The van der Waals surface area contributed by atoms with Crippen LogP contribution in [0.5, 0.6) is 5.75 Å². The molecule has 0 aromatic heterocycles. The zero-order chi connectivity index (χ0) is 20.3. The third-order valence-corrected chi connectivity index (χ3v) is 6.55. The second-order valence-corrected chi connectivity index (χ2v) is 9.32. The van der Waals surface area contributed by atoms with Crippen LogP contribution < -0.4 is 4.74 Å². The second-order valence-electron chi connectivity index (χ2n) is 7.09. The van der Waals surface area contributed by atoms with Gasteiger partial charge < -0.3 is 14.4 Å². The van der Waals surface area contributed by atoms with Gasteiger partial charge in [-0.05, 0) is 50.5 Å². The highest BCUT2D eigenvalue weighted by molar-refractivity contribution is 7.91. The average Bonchev–Trinajstić information content (AvgIpc) is 3.43. The van der Waals surface area contributed by atoms with Crippen LogP contribution in [0.2, 0.25) is 0 Å². The number of nitrogens with zero attached hydrogens (tertiary/aromatic N) is 2. The Morgan fingerprint density at radius 2 is 1.89 bits per heavy atom. The smallest absolute Gasteiger partial charge is 0.347 e. The van der Waals surface area contributed by atoms with Crippen LogP contribution in [0.15, 0.2) is 24.3 Å². The number of sulfone groups is 1. The normalized spacial score (nSPS) is 21.4. The van der Waals surface area contributed by atoms with Crippen LogP contribution in [0, 0.1) is 11.3 Å². The Morgan fingerprint density at radius 3 is 2.43 bits per heavy atom. The first-order chi connectivity index (χ1) is 13.3. The number of ether oxygens (including phenoxy) is 2. The number of nitriles is 1. The predicted octanol–water partition coefficient (Wildman–Crippen LogP) is 1.05. The predicted molar refractivity (Wildman–Crippen MR) is 99.1 cm³/mol. The molecule has 1 aromatic rings. The van der Waals surface area contributed by atoms with Crippen LogP contribution in [0.4, 0.5) is 0 Å². The highest BCUT2D eigenvalue weighted by Crippen LogP contribution is 2.32. The van der Waals surface area contributed by atoms with Gasteiger partial charge in [-0.2, -0.15) is 5.26 Å². The summed E-state index contributed by atoms with van der Waals surface area (Å²) >= 11 is 0. The maximum atomic E-state index is 12.6.